The molecule has 204 valence electrons. The Labute approximate surface area is 231 Å². The van der Waals surface area contributed by atoms with Crippen molar-refractivity contribution < 1.29 is 4.39 Å². The smallest absolute Gasteiger partial charge is 0.142 e. The number of benzene rings is 2. The summed E-state index contributed by atoms with van der Waals surface area (Å²) in [6.07, 6.45) is 25.0. The molecule has 0 spiro atoms. The normalized spacial score (nSPS) is 24.3. The van der Waals surface area contributed by atoms with Crippen molar-refractivity contribution in [2.45, 2.75) is 128 Å². The van der Waals surface area contributed by atoms with E-state index in [1.807, 2.05) is 6.07 Å². The van der Waals surface area contributed by atoms with Crippen LogP contribution in [0.4, 0.5) is 4.39 Å². The zero-order valence-corrected chi connectivity index (χ0v) is 24.1. The number of unbranched alkanes of at least 4 members (excludes halogenated alkanes) is 4. The first-order valence-electron chi connectivity index (χ1n) is 15.6. The molecule has 0 aliphatic heterocycles. The second-order valence-corrected chi connectivity index (χ2v) is 12.8. The van der Waals surface area contributed by atoms with Crippen LogP contribution in [-0.2, 0) is 12.8 Å². The minimum atomic E-state index is -0.319. The summed E-state index contributed by atoms with van der Waals surface area (Å²) in [5.74, 6) is 3.45. The van der Waals surface area contributed by atoms with Crippen LogP contribution in [0.1, 0.15) is 132 Å². The van der Waals surface area contributed by atoms with Crippen molar-refractivity contribution >= 4 is 11.6 Å². The monoisotopic (exact) mass is 524 g/mol. The molecule has 0 saturated heterocycles. The Morgan fingerprint density at radius 2 is 1.19 bits per heavy atom. The third kappa shape index (κ3) is 9.42. The third-order valence-electron chi connectivity index (χ3n) is 9.65. The Kier molecular flexibility index (Phi) is 11.9. The lowest BCUT2D eigenvalue weighted by Gasteiger charge is -2.32. The fourth-order valence-corrected chi connectivity index (χ4v) is 7.16. The van der Waals surface area contributed by atoms with Crippen LogP contribution in [0.5, 0.6) is 0 Å². The lowest BCUT2D eigenvalue weighted by molar-refractivity contribution is 0.222. The summed E-state index contributed by atoms with van der Waals surface area (Å²) >= 11 is 5.81. The van der Waals surface area contributed by atoms with Gasteiger partial charge in [-0.15, -0.1) is 0 Å². The van der Waals surface area contributed by atoms with Crippen molar-refractivity contribution in [2.75, 3.05) is 0 Å². The molecule has 37 heavy (non-hydrogen) atoms. The van der Waals surface area contributed by atoms with Crippen molar-refractivity contribution in [2.24, 2.45) is 17.8 Å². The van der Waals surface area contributed by atoms with E-state index in [4.69, 9.17) is 11.6 Å². The Balaban J connectivity index is 1.10. The molecule has 0 heterocycles. The lowest BCUT2D eigenvalue weighted by atomic mass is 9.74. The zero-order chi connectivity index (χ0) is 25.9. The van der Waals surface area contributed by atoms with E-state index in [1.54, 1.807) is 12.1 Å². The van der Waals surface area contributed by atoms with Crippen LogP contribution in [0.3, 0.4) is 0 Å². The summed E-state index contributed by atoms with van der Waals surface area (Å²) in [5.41, 5.74) is 3.86. The first-order chi connectivity index (χ1) is 18.1. The molecule has 2 aliphatic carbocycles. The maximum Gasteiger partial charge on any atom is 0.142 e. The number of halogens is 2. The van der Waals surface area contributed by atoms with Crippen LogP contribution < -0.4 is 0 Å². The molecule has 0 N–H and O–H groups in total. The van der Waals surface area contributed by atoms with Gasteiger partial charge in [-0.3, -0.25) is 0 Å². The average molecular weight is 525 g/mol. The summed E-state index contributed by atoms with van der Waals surface area (Å²) in [4.78, 5) is 0. The van der Waals surface area contributed by atoms with Crippen LogP contribution in [0, 0.1) is 23.6 Å². The molecule has 0 atom stereocenters. The highest BCUT2D eigenvalue weighted by Crippen LogP contribution is 2.40. The Morgan fingerprint density at radius 1 is 0.649 bits per heavy atom. The van der Waals surface area contributed by atoms with E-state index >= 15 is 0 Å². The summed E-state index contributed by atoms with van der Waals surface area (Å²) in [5, 5.41) is 0.203. The van der Waals surface area contributed by atoms with Gasteiger partial charge in [0.1, 0.15) is 5.82 Å². The molecule has 2 saturated carbocycles. The van der Waals surface area contributed by atoms with Gasteiger partial charge in [-0.2, -0.15) is 0 Å². The van der Waals surface area contributed by atoms with E-state index in [0.717, 1.165) is 42.1 Å². The predicted molar refractivity (Wildman–Crippen MR) is 158 cm³/mol. The fraction of sp³-hybridized carbons (Fsp3) is 0.657. The van der Waals surface area contributed by atoms with Gasteiger partial charge in [0, 0.05) is 0 Å². The van der Waals surface area contributed by atoms with Gasteiger partial charge in [-0.1, -0.05) is 126 Å². The maximum absolute atomic E-state index is 13.7. The molecule has 0 amide bonds. The van der Waals surface area contributed by atoms with Gasteiger partial charge in [0.15, 0.2) is 0 Å². The van der Waals surface area contributed by atoms with Gasteiger partial charge >= 0.3 is 0 Å². The van der Waals surface area contributed by atoms with Crippen LogP contribution in [-0.4, -0.2) is 0 Å². The lowest BCUT2D eigenvalue weighted by Crippen LogP contribution is -2.18. The van der Waals surface area contributed by atoms with E-state index in [0.29, 0.717) is 0 Å². The second-order valence-electron chi connectivity index (χ2n) is 12.4. The van der Waals surface area contributed by atoms with Crippen LogP contribution in [0.2, 0.25) is 5.02 Å². The minimum Gasteiger partial charge on any atom is -0.205 e. The van der Waals surface area contributed by atoms with Crippen molar-refractivity contribution in [3.05, 3.63) is 70.0 Å². The van der Waals surface area contributed by atoms with Crippen LogP contribution >= 0.6 is 11.6 Å². The van der Waals surface area contributed by atoms with Crippen molar-refractivity contribution in [3.63, 3.8) is 0 Å². The van der Waals surface area contributed by atoms with Gasteiger partial charge in [0.2, 0.25) is 0 Å². The Morgan fingerprint density at radius 3 is 1.81 bits per heavy atom. The van der Waals surface area contributed by atoms with Gasteiger partial charge in [0.25, 0.3) is 0 Å². The summed E-state index contributed by atoms with van der Waals surface area (Å²) in [6, 6.07) is 14.4. The third-order valence-corrected chi connectivity index (χ3v) is 9.96. The van der Waals surface area contributed by atoms with E-state index in [9.17, 15) is 4.39 Å². The summed E-state index contributed by atoms with van der Waals surface area (Å²) in [7, 11) is 0. The first-order valence-corrected chi connectivity index (χ1v) is 16.0. The van der Waals surface area contributed by atoms with E-state index in [2.05, 4.69) is 31.2 Å². The van der Waals surface area contributed by atoms with Crippen molar-refractivity contribution in [1.82, 2.24) is 0 Å². The van der Waals surface area contributed by atoms with E-state index in [1.165, 1.54) is 114 Å². The maximum atomic E-state index is 13.7. The molecule has 2 aromatic rings. The topological polar surface area (TPSA) is 0 Å². The highest BCUT2D eigenvalue weighted by atomic mass is 35.5. The molecule has 4 rings (SSSR count). The fourth-order valence-electron chi connectivity index (χ4n) is 7.04. The van der Waals surface area contributed by atoms with Gasteiger partial charge in [-0.05, 0) is 91.0 Å². The number of rotatable bonds is 13. The Bertz CT molecular complexity index is 903. The first kappa shape index (κ1) is 28.7. The van der Waals surface area contributed by atoms with Crippen molar-refractivity contribution in [3.8, 4) is 0 Å². The number of hydrogen-bond acceptors (Lipinski definition) is 0. The molecular weight excluding hydrogens is 475 g/mol. The number of hydrogen-bond donors (Lipinski definition) is 0. The SMILES string of the molecule is CCCCCCCC1CCC(CCC2CCC(c3ccc(CCc4ccc(Cl)c(F)c4)cc3)CC2)CC1. The largest absolute Gasteiger partial charge is 0.205 e. The molecule has 2 aromatic carbocycles. The standard InChI is InChI=1S/C35H50ClF/c1-2-3-4-5-6-7-27-8-10-28(11-9-27)12-13-29-16-21-32(22-17-29)33-23-18-30(19-24-33)14-15-31-20-25-34(36)35(37)26-31/h18-20,23-29,32H,2-17,21-22H2,1H3. The zero-order valence-electron chi connectivity index (χ0n) is 23.3. The highest BCUT2D eigenvalue weighted by molar-refractivity contribution is 6.30. The molecule has 2 heteroatoms. The van der Waals surface area contributed by atoms with Crippen LogP contribution in [0.15, 0.2) is 42.5 Å². The summed E-state index contributed by atoms with van der Waals surface area (Å²) < 4.78 is 13.7. The molecule has 2 aliphatic rings. The van der Waals surface area contributed by atoms with E-state index < -0.39 is 0 Å². The van der Waals surface area contributed by atoms with E-state index in [-0.39, 0.29) is 10.8 Å². The van der Waals surface area contributed by atoms with Gasteiger partial charge in [0.05, 0.1) is 5.02 Å². The highest BCUT2D eigenvalue weighted by Gasteiger charge is 2.25. The quantitative estimate of drug-likeness (QED) is 0.228. The number of aryl methyl sites for hydroxylation is 2. The second kappa shape index (κ2) is 15.3. The van der Waals surface area contributed by atoms with Gasteiger partial charge < -0.3 is 0 Å². The molecule has 2 fully saturated rings. The van der Waals surface area contributed by atoms with Crippen molar-refractivity contribution in [1.29, 1.82) is 0 Å². The molecule has 0 unspecified atom stereocenters. The molecular formula is C35H50ClF. The molecule has 0 nitrogen and oxygen atoms in total. The molecule has 0 radical (unpaired) electrons. The Hall–Kier alpha value is -1.34. The molecule has 0 aromatic heterocycles. The predicted octanol–water partition coefficient (Wildman–Crippen LogP) is 11.5. The van der Waals surface area contributed by atoms with Gasteiger partial charge in [-0.25, -0.2) is 4.39 Å². The average Bonchev–Trinajstić information content (AvgIpc) is 2.94. The summed E-state index contributed by atoms with van der Waals surface area (Å²) in [6.45, 7) is 2.31. The van der Waals surface area contributed by atoms with Crippen LogP contribution in [0.25, 0.3) is 0 Å². The molecule has 0 bridgehead atoms. The minimum absolute atomic E-state index is 0.203.